The maximum atomic E-state index is 2.41. The van der Waals surface area contributed by atoms with Gasteiger partial charge in [-0.05, 0) is 79.2 Å². The molecule has 3 aliphatic rings. The first-order valence-electron chi connectivity index (χ1n) is 14.8. The molecule has 9 rings (SSSR count). The summed E-state index contributed by atoms with van der Waals surface area (Å²) in [7, 11) is 0. The van der Waals surface area contributed by atoms with E-state index in [1.807, 2.05) is 11.8 Å². The molecule has 0 fully saturated rings. The Balaban J connectivity index is 1.18. The van der Waals surface area contributed by atoms with Crippen molar-refractivity contribution in [1.82, 2.24) is 0 Å². The highest BCUT2D eigenvalue weighted by atomic mass is 32.2. The molecule has 0 saturated heterocycles. The van der Waals surface area contributed by atoms with Gasteiger partial charge < -0.3 is 0 Å². The van der Waals surface area contributed by atoms with Crippen molar-refractivity contribution in [3.05, 3.63) is 179 Å². The highest BCUT2D eigenvalue weighted by Crippen LogP contribution is 2.57. The summed E-state index contributed by atoms with van der Waals surface area (Å²) in [5.41, 5.74) is 15.8. The molecule has 0 amide bonds. The monoisotopic (exact) mass is 552 g/mol. The van der Waals surface area contributed by atoms with E-state index in [2.05, 4.69) is 152 Å². The quantitative estimate of drug-likeness (QED) is 0.210. The fourth-order valence-corrected chi connectivity index (χ4v) is 9.06. The summed E-state index contributed by atoms with van der Waals surface area (Å²) < 4.78 is 0. The van der Waals surface area contributed by atoms with E-state index in [-0.39, 0.29) is 5.41 Å². The molecule has 1 unspecified atom stereocenters. The molecule has 0 saturated carbocycles. The number of rotatable bonds is 3. The first-order chi connectivity index (χ1) is 20.8. The van der Waals surface area contributed by atoms with Crippen LogP contribution in [-0.2, 0) is 5.41 Å². The average molecular weight is 553 g/mol. The van der Waals surface area contributed by atoms with Crippen LogP contribution in [0.4, 0.5) is 0 Å². The van der Waals surface area contributed by atoms with Gasteiger partial charge in [0, 0.05) is 10.1 Å². The predicted octanol–water partition coefficient (Wildman–Crippen LogP) is 10.9. The zero-order chi connectivity index (χ0) is 27.7. The zero-order valence-electron chi connectivity index (χ0n) is 23.1. The molecule has 42 heavy (non-hydrogen) atoms. The number of allylic oxidation sites excluding steroid dienone is 1. The second-order valence-electron chi connectivity index (χ2n) is 11.5. The van der Waals surface area contributed by atoms with Crippen molar-refractivity contribution in [1.29, 1.82) is 0 Å². The topological polar surface area (TPSA) is 0 Å². The highest BCUT2D eigenvalue weighted by Gasteiger charge is 2.45. The highest BCUT2D eigenvalue weighted by molar-refractivity contribution is 7.99. The Morgan fingerprint density at radius 1 is 0.524 bits per heavy atom. The van der Waals surface area contributed by atoms with Gasteiger partial charge in [0.1, 0.15) is 0 Å². The van der Waals surface area contributed by atoms with E-state index in [1.165, 1.54) is 71.7 Å². The summed E-state index contributed by atoms with van der Waals surface area (Å²) >= 11 is 2.03. The molecule has 0 aromatic heterocycles. The first-order valence-corrected chi connectivity index (χ1v) is 15.7. The molecule has 0 bridgehead atoms. The fourth-order valence-electron chi connectivity index (χ4n) is 7.67. The molecule has 198 valence electrons. The van der Waals surface area contributed by atoms with Gasteiger partial charge in [0.25, 0.3) is 0 Å². The fraction of sp³-hybridized carbons (Fsp3) is 0.0732. The minimum atomic E-state index is -0.353. The first kappa shape index (κ1) is 24.1. The van der Waals surface area contributed by atoms with Crippen molar-refractivity contribution in [3.8, 4) is 33.4 Å². The van der Waals surface area contributed by atoms with Crippen LogP contribution in [0.5, 0.6) is 0 Å². The van der Waals surface area contributed by atoms with Gasteiger partial charge in [0.05, 0.1) is 5.41 Å². The van der Waals surface area contributed by atoms with Crippen LogP contribution in [0.2, 0.25) is 0 Å². The average Bonchev–Trinajstić information content (AvgIpc) is 3.36. The molecule has 1 aliphatic heterocycles. The zero-order valence-corrected chi connectivity index (χ0v) is 23.9. The van der Waals surface area contributed by atoms with Crippen LogP contribution in [0, 0.1) is 0 Å². The summed E-state index contributed by atoms with van der Waals surface area (Å²) in [6.07, 6.45) is 5.72. The van der Waals surface area contributed by atoms with E-state index in [1.54, 1.807) is 0 Å². The number of hydrogen-bond acceptors (Lipinski definition) is 1. The molecule has 1 heterocycles. The standard InChI is InChI=1S/C41H28S/c1-2-12-30(13-3-1)41(36-17-6-4-14-32(36)33-15-5-7-18-37(33)41)31-23-20-27(21-24-31)29-22-25-34-35-16-8-10-28-11-9-19-38(40(28)35)42-39(34)26-29/h1-18,20-26,38H,19H2. The normalized spacial score (nSPS) is 16.7. The molecule has 0 radical (unpaired) electrons. The molecule has 0 N–H and O–H groups in total. The third-order valence-corrected chi connectivity index (χ3v) is 10.8. The number of fused-ring (bicyclic) bond motifs is 5. The molecule has 6 aromatic carbocycles. The third kappa shape index (κ3) is 3.32. The van der Waals surface area contributed by atoms with Gasteiger partial charge in [-0.3, -0.25) is 0 Å². The summed E-state index contributed by atoms with van der Waals surface area (Å²) in [6, 6.07) is 52.1. The van der Waals surface area contributed by atoms with Crippen molar-refractivity contribution in [2.75, 3.05) is 0 Å². The Bertz CT molecular complexity index is 1990. The number of benzene rings is 6. The van der Waals surface area contributed by atoms with Gasteiger partial charge in [-0.15, -0.1) is 11.8 Å². The lowest BCUT2D eigenvalue weighted by Crippen LogP contribution is -2.28. The largest absolute Gasteiger partial charge is 0.117 e. The molecule has 1 atom stereocenters. The minimum Gasteiger partial charge on any atom is -0.117 e. The summed E-state index contributed by atoms with van der Waals surface area (Å²) in [5.74, 6) is 0. The van der Waals surface area contributed by atoms with Gasteiger partial charge in [-0.2, -0.15) is 0 Å². The van der Waals surface area contributed by atoms with Gasteiger partial charge in [-0.1, -0.05) is 146 Å². The lowest BCUT2D eigenvalue weighted by atomic mass is 9.67. The summed E-state index contributed by atoms with van der Waals surface area (Å²) in [5, 5.41) is 0.500. The molecule has 0 nitrogen and oxygen atoms in total. The van der Waals surface area contributed by atoms with Crippen LogP contribution in [0.1, 0.15) is 45.1 Å². The third-order valence-electron chi connectivity index (χ3n) is 9.46. The van der Waals surface area contributed by atoms with Crippen LogP contribution >= 0.6 is 11.8 Å². The van der Waals surface area contributed by atoms with E-state index >= 15 is 0 Å². The van der Waals surface area contributed by atoms with Gasteiger partial charge in [0.2, 0.25) is 0 Å². The van der Waals surface area contributed by atoms with E-state index < -0.39 is 0 Å². The van der Waals surface area contributed by atoms with Crippen molar-refractivity contribution < 1.29 is 0 Å². The Hall–Kier alpha value is -4.59. The second kappa shape index (κ2) is 9.21. The molecular formula is C41H28S. The SMILES string of the molecule is C1=Cc2cccc3c2C(C1)Sc1cc(-c2ccc(C4(c5ccccc5)c5ccccc5-c5ccccc54)cc2)ccc1-3. The van der Waals surface area contributed by atoms with E-state index in [0.717, 1.165) is 6.42 Å². The van der Waals surface area contributed by atoms with E-state index in [0.29, 0.717) is 5.25 Å². The van der Waals surface area contributed by atoms with Gasteiger partial charge in [-0.25, -0.2) is 0 Å². The van der Waals surface area contributed by atoms with Crippen LogP contribution in [0.15, 0.2) is 150 Å². The maximum absolute atomic E-state index is 2.41. The summed E-state index contributed by atoms with van der Waals surface area (Å²) in [6.45, 7) is 0. The summed E-state index contributed by atoms with van der Waals surface area (Å²) in [4.78, 5) is 1.39. The molecule has 2 aliphatic carbocycles. The van der Waals surface area contributed by atoms with Crippen LogP contribution in [-0.4, -0.2) is 0 Å². The maximum Gasteiger partial charge on any atom is 0.0713 e. The molecule has 1 heteroatoms. The van der Waals surface area contributed by atoms with Crippen molar-refractivity contribution in [2.24, 2.45) is 0 Å². The molecular weight excluding hydrogens is 525 g/mol. The van der Waals surface area contributed by atoms with Gasteiger partial charge >= 0.3 is 0 Å². The van der Waals surface area contributed by atoms with Gasteiger partial charge in [0.15, 0.2) is 0 Å². The minimum absolute atomic E-state index is 0.353. The van der Waals surface area contributed by atoms with Crippen LogP contribution < -0.4 is 0 Å². The van der Waals surface area contributed by atoms with Crippen molar-refractivity contribution in [2.45, 2.75) is 22.0 Å². The lowest BCUT2D eigenvalue weighted by molar-refractivity contribution is 0.768. The van der Waals surface area contributed by atoms with E-state index in [9.17, 15) is 0 Å². The number of thioether (sulfide) groups is 1. The lowest BCUT2D eigenvalue weighted by Gasteiger charge is -2.34. The van der Waals surface area contributed by atoms with E-state index in [4.69, 9.17) is 0 Å². The van der Waals surface area contributed by atoms with Crippen molar-refractivity contribution in [3.63, 3.8) is 0 Å². The molecule has 6 aromatic rings. The Morgan fingerprint density at radius 3 is 1.93 bits per heavy atom. The van der Waals surface area contributed by atoms with Crippen LogP contribution in [0.25, 0.3) is 39.5 Å². The Morgan fingerprint density at radius 2 is 1.17 bits per heavy atom. The second-order valence-corrected chi connectivity index (χ2v) is 12.8. The Labute approximate surface area is 251 Å². The van der Waals surface area contributed by atoms with Crippen molar-refractivity contribution >= 4 is 17.8 Å². The van der Waals surface area contributed by atoms with Crippen LogP contribution in [0.3, 0.4) is 0 Å². The Kier molecular flexibility index (Phi) is 5.27. The number of hydrogen-bond donors (Lipinski definition) is 0. The predicted molar refractivity (Wildman–Crippen MR) is 177 cm³/mol. The smallest absolute Gasteiger partial charge is 0.0713 e. The molecule has 0 spiro atoms.